The van der Waals surface area contributed by atoms with Gasteiger partial charge in [-0.1, -0.05) is 0 Å². The largest absolute Gasteiger partial charge is 0.411 e. The van der Waals surface area contributed by atoms with E-state index in [0.717, 1.165) is 0 Å². The highest BCUT2D eigenvalue weighted by Gasteiger charge is 2.01. The third kappa shape index (κ3) is 1.55. The molecule has 0 amide bonds. The van der Waals surface area contributed by atoms with Crippen LogP contribution in [0, 0.1) is 0 Å². The van der Waals surface area contributed by atoms with Crippen molar-refractivity contribution in [2.75, 3.05) is 0 Å². The van der Waals surface area contributed by atoms with E-state index >= 15 is 0 Å². The second-order valence-corrected chi connectivity index (χ2v) is 2.42. The maximum Gasteiger partial charge on any atom is 0.231 e. The lowest BCUT2D eigenvalue weighted by atomic mass is 10.4. The Labute approximate surface area is 53.6 Å². The molecule has 1 aliphatic heterocycles. The molecule has 1 N–H and O–H groups in total. The Morgan fingerprint density at radius 2 is 2.44 bits per heavy atom. The molecule has 1 heterocycles. The van der Waals surface area contributed by atoms with Gasteiger partial charge in [-0.3, -0.25) is 0 Å². The van der Waals surface area contributed by atoms with Gasteiger partial charge in [-0.2, -0.15) is 8.42 Å². The van der Waals surface area contributed by atoms with E-state index in [1.54, 1.807) is 6.08 Å². The Kier molecular flexibility index (Phi) is 1.86. The summed E-state index contributed by atoms with van der Waals surface area (Å²) in [7, 11) is -2.17. The first kappa shape index (κ1) is 6.31. The highest BCUT2D eigenvalue weighted by Crippen LogP contribution is 1.90. The van der Waals surface area contributed by atoms with Crippen LogP contribution in [-0.2, 0) is 15.1 Å². The van der Waals surface area contributed by atoms with E-state index in [-0.39, 0.29) is 4.99 Å². The van der Waals surface area contributed by atoms with E-state index < -0.39 is 10.3 Å². The normalized spacial score (nSPS) is 17.1. The van der Waals surface area contributed by atoms with Crippen LogP contribution in [-0.4, -0.2) is 13.4 Å². The first-order valence-electron chi connectivity index (χ1n) is 2.32. The molecular formula is C4H5NO3S. The van der Waals surface area contributed by atoms with Gasteiger partial charge in [0.15, 0.2) is 4.99 Å². The second kappa shape index (κ2) is 2.65. The van der Waals surface area contributed by atoms with Gasteiger partial charge in [0.2, 0.25) is 10.3 Å². The SMILES string of the molecule is O=S(=O)=C1CC=CON1. The van der Waals surface area contributed by atoms with Crippen LogP contribution >= 0.6 is 0 Å². The molecule has 0 spiro atoms. The van der Waals surface area contributed by atoms with Crippen molar-refractivity contribution in [3.05, 3.63) is 12.3 Å². The topological polar surface area (TPSA) is 55.4 Å². The summed E-state index contributed by atoms with van der Waals surface area (Å²) in [4.78, 5) is 4.65. The predicted molar refractivity (Wildman–Crippen MR) is 31.9 cm³/mol. The third-order valence-corrected chi connectivity index (χ3v) is 1.49. The molecule has 0 bridgehead atoms. The summed E-state index contributed by atoms with van der Waals surface area (Å²) in [5, 5.41) is 0. The summed E-state index contributed by atoms with van der Waals surface area (Å²) in [6.45, 7) is 0. The molecular weight excluding hydrogens is 142 g/mol. The quantitative estimate of drug-likeness (QED) is 0.466. The molecule has 1 aliphatic rings. The lowest BCUT2D eigenvalue weighted by molar-refractivity contribution is 0.187. The van der Waals surface area contributed by atoms with E-state index in [1.807, 2.05) is 0 Å². The number of nitrogens with one attached hydrogen (secondary N) is 1. The van der Waals surface area contributed by atoms with E-state index in [0.29, 0.717) is 6.42 Å². The Balaban J connectivity index is 2.89. The van der Waals surface area contributed by atoms with E-state index in [4.69, 9.17) is 0 Å². The molecule has 0 aromatic rings. The van der Waals surface area contributed by atoms with Crippen molar-refractivity contribution in [1.29, 1.82) is 0 Å². The second-order valence-electron chi connectivity index (χ2n) is 1.45. The molecule has 0 aliphatic carbocycles. The van der Waals surface area contributed by atoms with Crippen LogP contribution < -0.4 is 5.48 Å². The van der Waals surface area contributed by atoms with Gasteiger partial charge in [0, 0.05) is 6.42 Å². The van der Waals surface area contributed by atoms with Gasteiger partial charge in [-0.15, -0.1) is 5.48 Å². The lowest BCUT2D eigenvalue weighted by Crippen LogP contribution is -2.24. The van der Waals surface area contributed by atoms with Crippen molar-refractivity contribution < 1.29 is 13.3 Å². The Hall–Kier alpha value is -0.810. The molecule has 0 fully saturated rings. The molecule has 0 saturated carbocycles. The van der Waals surface area contributed by atoms with E-state index in [2.05, 4.69) is 10.3 Å². The fourth-order valence-corrected chi connectivity index (χ4v) is 0.795. The summed E-state index contributed by atoms with van der Waals surface area (Å²) >= 11 is 0. The smallest absolute Gasteiger partial charge is 0.231 e. The van der Waals surface area contributed by atoms with E-state index in [1.165, 1.54) is 6.26 Å². The van der Waals surface area contributed by atoms with Crippen molar-refractivity contribution in [3.8, 4) is 0 Å². The van der Waals surface area contributed by atoms with Crippen molar-refractivity contribution in [1.82, 2.24) is 5.48 Å². The first-order valence-corrected chi connectivity index (χ1v) is 3.40. The average Bonchev–Trinajstić information content (AvgIpc) is 1.90. The van der Waals surface area contributed by atoms with Gasteiger partial charge in [0.05, 0.1) is 0 Å². The molecule has 0 atom stereocenters. The molecule has 50 valence electrons. The fourth-order valence-electron chi connectivity index (χ4n) is 0.447. The van der Waals surface area contributed by atoms with Crippen molar-refractivity contribution in [2.45, 2.75) is 6.42 Å². The van der Waals surface area contributed by atoms with Crippen LogP contribution in [0.2, 0.25) is 0 Å². The van der Waals surface area contributed by atoms with Crippen molar-refractivity contribution in [3.63, 3.8) is 0 Å². The monoisotopic (exact) mass is 147 g/mol. The molecule has 9 heavy (non-hydrogen) atoms. The number of rotatable bonds is 0. The highest BCUT2D eigenvalue weighted by atomic mass is 32.2. The van der Waals surface area contributed by atoms with Gasteiger partial charge in [0.1, 0.15) is 6.26 Å². The van der Waals surface area contributed by atoms with Gasteiger partial charge in [-0.05, 0) is 6.08 Å². The standard InChI is InChI=1S/C4H5NO3S/c6-9(7)4-2-1-3-8-5-4/h1,3,5H,2H2. The zero-order valence-corrected chi connectivity index (χ0v) is 5.31. The Morgan fingerprint density at radius 1 is 1.67 bits per heavy atom. The van der Waals surface area contributed by atoms with Crippen molar-refractivity contribution >= 4 is 15.3 Å². The molecule has 1 rings (SSSR count). The maximum absolute atomic E-state index is 10.1. The molecule has 0 saturated heterocycles. The van der Waals surface area contributed by atoms with E-state index in [9.17, 15) is 8.42 Å². The summed E-state index contributed by atoms with van der Waals surface area (Å²) in [5.41, 5.74) is 2.24. The minimum Gasteiger partial charge on any atom is -0.411 e. The summed E-state index contributed by atoms with van der Waals surface area (Å²) in [6, 6.07) is 0. The van der Waals surface area contributed by atoms with Crippen LogP contribution in [0.15, 0.2) is 12.3 Å². The molecule has 0 unspecified atom stereocenters. The Bertz CT molecular complexity index is 243. The maximum atomic E-state index is 10.1. The highest BCUT2D eigenvalue weighted by molar-refractivity contribution is 7.72. The average molecular weight is 147 g/mol. The van der Waals surface area contributed by atoms with Gasteiger partial charge < -0.3 is 4.84 Å². The minimum atomic E-state index is -2.17. The molecule has 0 radical (unpaired) electrons. The third-order valence-electron chi connectivity index (χ3n) is 0.841. The molecule has 0 aromatic heterocycles. The van der Waals surface area contributed by atoms with Gasteiger partial charge >= 0.3 is 0 Å². The summed E-state index contributed by atoms with van der Waals surface area (Å²) in [5.74, 6) is 0. The minimum absolute atomic E-state index is 0.164. The Morgan fingerprint density at radius 3 is 2.78 bits per heavy atom. The van der Waals surface area contributed by atoms with Gasteiger partial charge in [-0.25, -0.2) is 0 Å². The van der Waals surface area contributed by atoms with Crippen LogP contribution in [0.5, 0.6) is 0 Å². The van der Waals surface area contributed by atoms with Crippen LogP contribution in [0.4, 0.5) is 0 Å². The van der Waals surface area contributed by atoms with Crippen LogP contribution in [0.3, 0.4) is 0 Å². The van der Waals surface area contributed by atoms with Crippen LogP contribution in [0.1, 0.15) is 6.42 Å². The molecule has 4 nitrogen and oxygen atoms in total. The number of hydroxylamine groups is 1. The molecule has 5 heteroatoms. The number of hydrogen-bond donors (Lipinski definition) is 1. The van der Waals surface area contributed by atoms with Gasteiger partial charge in [0.25, 0.3) is 0 Å². The summed E-state index contributed by atoms with van der Waals surface area (Å²) in [6.07, 6.45) is 3.40. The first-order chi connectivity index (χ1) is 4.30. The zero-order valence-electron chi connectivity index (χ0n) is 4.49. The fraction of sp³-hybridized carbons (Fsp3) is 0.250. The predicted octanol–water partition coefficient (Wildman–Crippen LogP) is -0.566. The van der Waals surface area contributed by atoms with Crippen LogP contribution in [0.25, 0.3) is 0 Å². The zero-order chi connectivity index (χ0) is 6.69. The molecule has 0 aromatic carbocycles. The lowest BCUT2D eigenvalue weighted by Gasteiger charge is -2.04. The van der Waals surface area contributed by atoms with Crippen molar-refractivity contribution in [2.24, 2.45) is 0 Å². The summed E-state index contributed by atoms with van der Waals surface area (Å²) < 4.78 is 20.3. The number of hydrogen-bond acceptors (Lipinski definition) is 3.